The van der Waals surface area contributed by atoms with Crippen LogP contribution in [0.3, 0.4) is 0 Å². The molecule has 3 heterocycles. The highest BCUT2D eigenvalue weighted by atomic mass is 32.2. The predicted molar refractivity (Wildman–Crippen MR) is 64.4 cm³/mol. The minimum absolute atomic E-state index is 0.0350. The summed E-state index contributed by atoms with van der Waals surface area (Å²) in [7, 11) is 0. The maximum absolute atomic E-state index is 11.8. The van der Waals surface area contributed by atoms with E-state index in [2.05, 4.69) is 15.1 Å². The van der Waals surface area contributed by atoms with Gasteiger partial charge in [0.05, 0.1) is 10.6 Å². The van der Waals surface area contributed by atoms with Crippen LogP contribution in [0.15, 0.2) is 14.8 Å². The van der Waals surface area contributed by atoms with Gasteiger partial charge in [0.2, 0.25) is 10.9 Å². The fourth-order valence-corrected chi connectivity index (χ4v) is 3.19. The van der Waals surface area contributed by atoms with Gasteiger partial charge in [-0.15, -0.1) is 16.9 Å². The molecule has 16 heavy (non-hydrogen) atoms. The van der Waals surface area contributed by atoms with Gasteiger partial charge in [0, 0.05) is 0 Å². The first-order valence-electron chi connectivity index (χ1n) is 4.98. The van der Waals surface area contributed by atoms with Crippen LogP contribution in [0.1, 0.15) is 12.1 Å². The summed E-state index contributed by atoms with van der Waals surface area (Å²) >= 11 is 3.09. The summed E-state index contributed by atoms with van der Waals surface area (Å²) in [6.45, 7) is 0. The van der Waals surface area contributed by atoms with Gasteiger partial charge in [-0.2, -0.15) is 4.98 Å². The highest BCUT2D eigenvalue weighted by molar-refractivity contribution is 7.99. The Bertz CT molecular complexity index is 603. The summed E-state index contributed by atoms with van der Waals surface area (Å²) in [6, 6.07) is 0. The monoisotopic (exact) mass is 254 g/mol. The van der Waals surface area contributed by atoms with Gasteiger partial charge in [-0.05, 0) is 24.9 Å². The molecule has 0 amide bonds. The molecule has 0 saturated heterocycles. The molecule has 0 unspecified atom stereocenters. The van der Waals surface area contributed by atoms with Gasteiger partial charge in [-0.25, -0.2) is 4.52 Å². The second-order valence-corrected chi connectivity index (χ2v) is 5.39. The first kappa shape index (κ1) is 10.2. The first-order chi connectivity index (χ1) is 7.79. The van der Waals surface area contributed by atoms with Crippen LogP contribution in [0.5, 0.6) is 0 Å². The van der Waals surface area contributed by atoms with Gasteiger partial charge in [0.25, 0.3) is 5.56 Å². The van der Waals surface area contributed by atoms with Gasteiger partial charge in [0.15, 0.2) is 0 Å². The molecule has 2 aromatic heterocycles. The molecule has 0 fully saturated rings. The average Bonchev–Trinajstić information content (AvgIpc) is 2.72. The average molecular weight is 254 g/mol. The smallest absolute Gasteiger partial charge is 0.266 e. The number of nitrogens with zero attached hydrogens (tertiary/aromatic N) is 3. The van der Waals surface area contributed by atoms with Crippen molar-refractivity contribution in [2.24, 2.45) is 0 Å². The molecule has 0 atom stereocenters. The second-order valence-electron chi connectivity index (χ2n) is 3.52. The Morgan fingerprint density at radius 1 is 1.56 bits per heavy atom. The quantitative estimate of drug-likeness (QED) is 0.774. The Balaban J connectivity index is 2.35. The third kappa shape index (κ3) is 1.46. The molecule has 0 aliphatic carbocycles. The van der Waals surface area contributed by atoms with Gasteiger partial charge < -0.3 is 0 Å². The molecule has 7 heteroatoms. The summed E-state index contributed by atoms with van der Waals surface area (Å²) in [5, 5.41) is 5.06. The van der Waals surface area contributed by atoms with Gasteiger partial charge >= 0.3 is 0 Å². The van der Waals surface area contributed by atoms with Crippen molar-refractivity contribution in [2.45, 2.75) is 22.9 Å². The Hall–Kier alpha value is -0.950. The zero-order valence-electron chi connectivity index (χ0n) is 8.69. The maximum atomic E-state index is 11.8. The van der Waals surface area contributed by atoms with E-state index in [9.17, 15) is 4.79 Å². The van der Waals surface area contributed by atoms with Gasteiger partial charge in [0.1, 0.15) is 0 Å². The third-order valence-electron chi connectivity index (χ3n) is 2.52. The van der Waals surface area contributed by atoms with E-state index in [1.165, 1.54) is 11.8 Å². The van der Waals surface area contributed by atoms with Crippen LogP contribution in [0.4, 0.5) is 0 Å². The van der Waals surface area contributed by atoms with E-state index in [4.69, 9.17) is 0 Å². The largest absolute Gasteiger partial charge is 0.290 e. The molecule has 0 spiro atoms. The molecule has 0 bridgehead atoms. The van der Waals surface area contributed by atoms with E-state index >= 15 is 0 Å². The number of hydrogen-bond donors (Lipinski definition) is 1. The molecule has 2 aromatic rings. The Morgan fingerprint density at radius 3 is 3.25 bits per heavy atom. The summed E-state index contributed by atoms with van der Waals surface area (Å²) in [5.74, 6) is 1.56. The molecule has 1 N–H and O–H groups in total. The van der Waals surface area contributed by atoms with Gasteiger partial charge in [-0.3, -0.25) is 9.78 Å². The van der Waals surface area contributed by atoms with Gasteiger partial charge in [-0.1, -0.05) is 11.8 Å². The minimum atomic E-state index is -0.0350. The zero-order chi connectivity index (χ0) is 11.1. The molecule has 1 aliphatic rings. The van der Waals surface area contributed by atoms with Crippen LogP contribution < -0.4 is 5.56 Å². The van der Waals surface area contributed by atoms with Crippen LogP contribution in [0.2, 0.25) is 0 Å². The third-order valence-corrected chi connectivity index (χ3v) is 4.26. The van der Waals surface area contributed by atoms with E-state index in [0.717, 1.165) is 29.2 Å². The second kappa shape index (κ2) is 3.81. The number of aromatic nitrogens is 4. The lowest BCUT2D eigenvalue weighted by Crippen LogP contribution is -2.19. The molecular formula is C9H10N4OS2. The molecule has 5 nitrogen and oxygen atoms in total. The fraction of sp³-hybridized carbons (Fsp3) is 0.444. The number of aryl methyl sites for hydroxylation is 1. The SMILES string of the molecule is CSc1nc2[nH]c(=O)c3c(n2n1)CCCS3. The van der Waals surface area contributed by atoms with Crippen molar-refractivity contribution in [1.82, 2.24) is 19.6 Å². The van der Waals surface area contributed by atoms with Crippen molar-refractivity contribution in [3.63, 3.8) is 0 Å². The van der Waals surface area contributed by atoms with Crippen molar-refractivity contribution in [3.8, 4) is 0 Å². The van der Waals surface area contributed by atoms with Crippen LogP contribution >= 0.6 is 23.5 Å². The Kier molecular flexibility index (Phi) is 2.44. The minimum Gasteiger partial charge on any atom is -0.290 e. The van der Waals surface area contributed by atoms with Crippen molar-refractivity contribution in [3.05, 3.63) is 16.0 Å². The van der Waals surface area contributed by atoms with Crippen molar-refractivity contribution < 1.29 is 0 Å². The summed E-state index contributed by atoms with van der Waals surface area (Å²) in [4.78, 5) is 19.6. The number of fused-ring (bicyclic) bond motifs is 3. The van der Waals surface area contributed by atoms with E-state index < -0.39 is 0 Å². The number of hydrogen-bond acceptors (Lipinski definition) is 5. The molecule has 0 aromatic carbocycles. The normalized spacial score (nSPS) is 15.3. The number of H-pyrrole nitrogens is 1. The standard InChI is InChI=1S/C9H10N4OS2/c1-15-9-11-8-10-7(14)6-5(13(8)12-9)3-2-4-16-6/h2-4H2,1H3,(H,10,11,12,14). The van der Waals surface area contributed by atoms with Crippen molar-refractivity contribution in [2.75, 3.05) is 12.0 Å². The highest BCUT2D eigenvalue weighted by Gasteiger charge is 2.19. The van der Waals surface area contributed by atoms with Crippen molar-refractivity contribution in [1.29, 1.82) is 0 Å². The lowest BCUT2D eigenvalue weighted by atomic mass is 10.2. The van der Waals surface area contributed by atoms with Crippen LogP contribution in [0, 0.1) is 0 Å². The van der Waals surface area contributed by atoms with E-state index in [0.29, 0.717) is 10.9 Å². The first-order valence-corrected chi connectivity index (χ1v) is 7.19. The summed E-state index contributed by atoms with van der Waals surface area (Å²) in [5.41, 5.74) is 0.968. The molecule has 0 radical (unpaired) electrons. The lowest BCUT2D eigenvalue weighted by molar-refractivity contribution is 0.736. The number of thioether (sulfide) groups is 2. The summed E-state index contributed by atoms with van der Waals surface area (Å²) in [6.07, 6.45) is 3.92. The van der Waals surface area contributed by atoms with Crippen LogP contribution in [-0.2, 0) is 6.42 Å². The predicted octanol–water partition coefficient (Wildman–Crippen LogP) is 1.18. The van der Waals surface area contributed by atoms with Crippen LogP contribution in [0.25, 0.3) is 5.78 Å². The lowest BCUT2D eigenvalue weighted by Gasteiger charge is -2.13. The number of rotatable bonds is 1. The Morgan fingerprint density at radius 2 is 2.44 bits per heavy atom. The van der Waals surface area contributed by atoms with Crippen molar-refractivity contribution >= 4 is 29.3 Å². The molecular weight excluding hydrogens is 244 g/mol. The fourth-order valence-electron chi connectivity index (χ4n) is 1.82. The van der Waals surface area contributed by atoms with Crippen LogP contribution in [-0.4, -0.2) is 31.6 Å². The maximum Gasteiger partial charge on any atom is 0.266 e. The zero-order valence-corrected chi connectivity index (χ0v) is 10.3. The van der Waals surface area contributed by atoms with E-state index in [-0.39, 0.29) is 5.56 Å². The molecule has 1 aliphatic heterocycles. The molecule has 84 valence electrons. The highest BCUT2D eigenvalue weighted by Crippen LogP contribution is 2.26. The molecule has 3 rings (SSSR count). The Labute approximate surface area is 100 Å². The summed E-state index contributed by atoms with van der Waals surface area (Å²) < 4.78 is 1.77. The molecule has 0 saturated carbocycles. The van der Waals surface area contributed by atoms with E-state index in [1.54, 1.807) is 16.3 Å². The number of nitrogens with one attached hydrogen (secondary N) is 1. The topological polar surface area (TPSA) is 63.0 Å². The van der Waals surface area contributed by atoms with E-state index in [1.807, 2.05) is 6.26 Å². The number of aromatic amines is 1.